The summed E-state index contributed by atoms with van der Waals surface area (Å²) in [4.78, 5) is 0. The van der Waals surface area contributed by atoms with E-state index in [1.165, 1.54) is 49.3 Å². The van der Waals surface area contributed by atoms with Gasteiger partial charge in [-0.3, -0.25) is 0 Å². The van der Waals surface area contributed by atoms with Crippen molar-refractivity contribution in [2.75, 3.05) is 0 Å². The number of para-hydroxylation sites is 1. The molecule has 0 saturated heterocycles. The summed E-state index contributed by atoms with van der Waals surface area (Å²) in [5, 5.41) is 3.87. The second kappa shape index (κ2) is 7.82. The third kappa shape index (κ3) is 2.80. The van der Waals surface area contributed by atoms with Gasteiger partial charge in [0.15, 0.2) is 11.2 Å². The maximum atomic E-state index is 2.64. The van der Waals surface area contributed by atoms with Gasteiger partial charge in [-0.05, 0) is 18.2 Å². The Morgan fingerprint density at radius 3 is 1.54 bits per heavy atom. The summed E-state index contributed by atoms with van der Waals surface area (Å²) >= 11 is 0. The van der Waals surface area contributed by atoms with E-state index in [0.717, 1.165) is 0 Å². The highest BCUT2D eigenvalue weighted by atomic mass is 15.0. The number of nitrogens with zero attached hydrogens (tertiary/aromatic N) is 1. The standard InChI is InChI=1S/C33H24BN/c1-4-14-25(15-5-1)31-24-33-30-22-11-10-20-28(30)29-21-12-13-23-32(29)35(33)34(31,26-16-6-2-7-17-26)27-18-8-3-9-19-27/h1-24H. The van der Waals surface area contributed by atoms with Crippen molar-refractivity contribution in [1.82, 2.24) is 0 Å². The molecule has 5 aromatic carbocycles. The summed E-state index contributed by atoms with van der Waals surface area (Å²) < 4.78 is 2.64. The van der Waals surface area contributed by atoms with Crippen molar-refractivity contribution < 1.29 is 4.48 Å². The molecular weight excluding hydrogens is 421 g/mol. The zero-order valence-electron chi connectivity index (χ0n) is 19.4. The number of fused-ring (bicyclic) bond motifs is 6. The quantitative estimate of drug-likeness (QED) is 0.233. The minimum atomic E-state index is -1.49. The molecule has 1 aliphatic rings. The molecule has 0 N–H and O–H groups in total. The van der Waals surface area contributed by atoms with Crippen molar-refractivity contribution in [2.45, 2.75) is 0 Å². The summed E-state index contributed by atoms with van der Waals surface area (Å²) in [6, 6.07) is 50.7. The number of hydrogen-bond donors (Lipinski definition) is 0. The third-order valence-electron chi connectivity index (χ3n) is 7.72. The largest absolute Gasteiger partial charge is 0.401 e. The average molecular weight is 445 g/mol. The number of pyridine rings is 1. The Bertz CT molecular complexity index is 1680. The molecule has 1 aliphatic heterocycles. The van der Waals surface area contributed by atoms with Crippen molar-refractivity contribution >= 4 is 50.4 Å². The fourth-order valence-corrected chi connectivity index (χ4v) is 6.35. The Labute approximate surface area is 205 Å². The van der Waals surface area contributed by atoms with Gasteiger partial charge in [0.25, 0.3) is 0 Å². The Morgan fingerprint density at radius 1 is 0.429 bits per heavy atom. The molecule has 0 amide bonds. The van der Waals surface area contributed by atoms with Gasteiger partial charge < -0.3 is 4.48 Å². The lowest BCUT2D eigenvalue weighted by Crippen LogP contribution is -2.78. The molecule has 7 rings (SSSR count). The van der Waals surface area contributed by atoms with Gasteiger partial charge in [-0.15, -0.1) is 16.4 Å². The van der Waals surface area contributed by atoms with E-state index in [1.54, 1.807) is 0 Å². The number of benzene rings is 5. The predicted molar refractivity (Wildman–Crippen MR) is 149 cm³/mol. The van der Waals surface area contributed by atoms with Crippen LogP contribution in [0, 0.1) is 0 Å². The first-order chi connectivity index (χ1) is 17.4. The monoisotopic (exact) mass is 445 g/mol. The lowest BCUT2D eigenvalue weighted by Gasteiger charge is -2.36. The Hall–Kier alpha value is -4.43. The van der Waals surface area contributed by atoms with Gasteiger partial charge >= 0.3 is 6.28 Å². The van der Waals surface area contributed by atoms with E-state index >= 15 is 0 Å². The number of hydrogen-bond acceptors (Lipinski definition) is 0. The summed E-state index contributed by atoms with van der Waals surface area (Å²) in [5.74, 6) is 0. The van der Waals surface area contributed by atoms with Gasteiger partial charge in [-0.2, -0.15) is 0 Å². The molecule has 6 aromatic rings. The van der Waals surface area contributed by atoms with Crippen molar-refractivity contribution in [2.24, 2.45) is 0 Å². The van der Waals surface area contributed by atoms with Crippen molar-refractivity contribution in [3.63, 3.8) is 0 Å². The van der Waals surface area contributed by atoms with Crippen LogP contribution in [0.5, 0.6) is 0 Å². The van der Waals surface area contributed by atoms with Crippen molar-refractivity contribution in [1.29, 1.82) is 0 Å². The Balaban J connectivity index is 1.75. The molecule has 0 radical (unpaired) electrons. The molecule has 0 atom stereocenters. The van der Waals surface area contributed by atoms with E-state index < -0.39 is 6.28 Å². The summed E-state index contributed by atoms with van der Waals surface area (Å²) in [6.07, 6.45) is 0.962. The average Bonchev–Trinajstić information content (AvgIpc) is 3.32. The zero-order chi connectivity index (χ0) is 23.2. The first kappa shape index (κ1) is 20.0. The molecule has 0 spiro atoms. The zero-order valence-corrected chi connectivity index (χ0v) is 19.4. The van der Waals surface area contributed by atoms with E-state index in [1.807, 2.05) is 0 Å². The van der Waals surface area contributed by atoms with E-state index in [-0.39, 0.29) is 0 Å². The van der Waals surface area contributed by atoms with Crippen LogP contribution in [-0.4, -0.2) is 6.28 Å². The fourth-order valence-electron chi connectivity index (χ4n) is 6.35. The minimum Gasteiger partial charge on any atom is -0.401 e. The van der Waals surface area contributed by atoms with Gasteiger partial charge in [0.05, 0.1) is 0 Å². The van der Waals surface area contributed by atoms with Gasteiger partial charge in [0.2, 0.25) is 0 Å². The van der Waals surface area contributed by atoms with Gasteiger partial charge in [0, 0.05) is 22.2 Å². The second-order valence-corrected chi connectivity index (χ2v) is 9.43. The lowest BCUT2D eigenvalue weighted by molar-refractivity contribution is -0.507. The minimum absolute atomic E-state index is 1.26. The molecule has 1 nitrogen and oxygen atoms in total. The molecule has 164 valence electrons. The van der Waals surface area contributed by atoms with Crippen molar-refractivity contribution in [3.8, 4) is 0 Å². The number of rotatable bonds is 3. The highest BCUT2D eigenvalue weighted by molar-refractivity contribution is 7.10. The maximum absolute atomic E-state index is 2.64. The second-order valence-electron chi connectivity index (χ2n) is 9.43. The molecule has 0 fully saturated rings. The van der Waals surface area contributed by atoms with Crippen LogP contribution in [0.15, 0.2) is 140 Å². The maximum Gasteiger partial charge on any atom is 0.361 e. The van der Waals surface area contributed by atoms with Crippen LogP contribution in [0.2, 0.25) is 0 Å². The molecule has 2 heteroatoms. The molecule has 1 aromatic heterocycles. The Morgan fingerprint density at radius 2 is 0.914 bits per heavy atom. The van der Waals surface area contributed by atoms with Crippen LogP contribution in [0.4, 0.5) is 0 Å². The lowest BCUT2D eigenvalue weighted by atomic mass is 9.23. The van der Waals surface area contributed by atoms with Crippen LogP contribution in [-0.2, 0) is 0 Å². The fraction of sp³-hybridized carbons (Fsp3) is 0. The molecule has 0 aliphatic carbocycles. The highest BCUT2D eigenvalue weighted by Gasteiger charge is 2.50. The van der Waals surface area contributed by atoms with Gasteiger partial charge in [-0.1, -0.05) is 127 Å². The van der Waals surface area contributed by atoms with Crippen LogP contribution in [0.25, 0.3) is 33.2 Å². The van der Waals surface area contributed by atoms with Crippen LogP contribution < -0.4 is 15.4 Å². The highest BCUT2D eigenvalue weighted by Crippen LogP contribution is 2.37. The first-order valence-corrected chi connectivity index (χ1v) is 12.3. The molecule has 2 heterocycles. The first-order valence-electron chi connectivity index (χ1n) is 12.3. The molecular formula is C33H24BN. The van der Waals surface area contributed by atoms with E-state index in [0.29, 0.717) is 0 Å². The molecule has 0 bridgehead atoms. The SMILES string of the molecule is C1=C(c2ccccc2)[B-](c2ccccc2)(c2ccccc2)[n+]2c1c1ccccc1c1ccccc12. The van der Waals surface area contributed by atoms with Crippen molar-refractivity contribution in [3.05, 3.63) is 151 Å². The van der Waals surface area contributed by atoms with E-state index in [4.69, 9.17) is 0 Å². The summed E-state index contributed by atoms with van der Waals surface area (Å²) in [5.41, 5.74) is 7.78. The topological polar surface area (TPSA) is 3.88 Å². The van der Waals surface area contributed by atoms with Gasteiger partial charge in [-0.25, -0.2) is 0 Å². The smallest absolute Gasteiger partial charge is 0.361 e. The third-order valence-corrected chi connectivity index (χ3v) is 7.72. The molecule has 35 heavy (non-hydrogen) atoms. The van der Waals surface area contributed by atoms with Crippen LogP contribution >= 0.6 is 0 Å². The summed E-state index contributed by atoms with van der Waals surface area (Å²) in [6.45, 7) is 0. The Kier molecular flexibility index (Phi) is 4.47. The number of aromatic nitrogens is 1. The predicted octanol–water partition coefficient (Wildman–Crippen LogP) is 5.98. The van der Waals surface area contributed by atoms with Crippen LogP contribution in [0.1, 0.15) is 11.3 Å². The van der Waals surface area contributed by atoms with E-state index in [2.05, 4.69) is 150 Å². The molecule has 0 unspecified atom stereocenters. The summed E-state index contributed by atoms with van der Waals surface area (Å²) in [7, 11) is 0. The normalized spacial score (nSPS) is 14.1. The van der Waals surface area contributed by atoms with Crippen LogP contribution in [0.3, 0.4) is 0 Å². The van der Waals surface area contributed by atoms with Gasteiger partial charge in [0.1, 0.15) is 0 Å². The molecule has 0 saturated carbocycles. The van der Waals surface area contributed by atoms with E-state index in [9.17, 15) is 0 Å².